The van der Waals surface area contributed by atoms with Crippen LogP contribution in [0, 0.1) is 11.8 Å². The number of likely N-dealkylation sites (tertiary alicyclic amines) is 1. The van der Waals surface area contributed by atoms with Gasteiger partial charge in [-0.2, -0.15) is 0 Å². The molecule has 0 amide bonds. The van der Waals surface area contributed by atoms with E-state index in [1.165, 1.54) is 74.8 Å². The topological polar surface area (TPSA) is 44.5 Å². The van der Waals surface area contributed by atoms with Crippen molar-refractivity contribution in [3.63, 3.8) is 0 Å². The molecule has 2 aliphatic carbocycles. The summed E-state index contributed by atoms with van der Waals surface area (Å²) in [6.45, 7) is 9.24. The van der Waals surface area contributed by atoms with Crippen molar-refractivity contribution < 1.29 is 0 Å². The summed E-state index contributed by atoms with van der Waals surface area (Å²) in [5.74, 6) is 1.54. The highest BCUT2D eigenvalue weighted by Gasteiger charge is 2.55. The first kappa shape index (κ1) is 27.7. The SMILES string of the molecule is C[C@@H](c1ccccc1)N1CC[C@H](C2(N(Cc3ccccc3)Cc3ccccc3)CC2)C1.NC1([C@H]2CCNC2)CC1. The molecular weight excluding hydrogens is 488 g/mol. The lowest BCUT2D eigenvalue weighted by atomic mass is 9.93. The Morgan fingerprint density at radius 1 is 0.800 bits per heavy atom. The van der Waals surface area contributed by atoms with E-state index in [9.17, 15) is 0 Å². The van der Waals surface area contributed by atoms with Crippen molar-refractivity contribution in [1.82, 2.24) is 15.1 Å². The van der Waals surface area contributed by atoms with Crippen LogP contribution in [-0.2, 0) is 13.1 Å². The maximum absolute atomic E-state index is 6.01. The van der Waals surface area contributed by atoms with E-state index < -0.39 is 0 Å². The minimum atomic E-state index is 0.267. The average Bonchev–Trinajstić information content (AvgIpc) is 3.81. The number of nitrogens with zero attached hydrogens (tertiary/aromatic N) is 2. The molecule has 0 unspecified atom stereocenters. The molecule has 0 bridgehead atoms. The standard InChI is InChI=1S/C29H34N2.C7H14N2/c1-24(27-15-9-4-10-16-27)30-20-17-28(23-30)29(18-19-29)31(21-25-11-5-2-6-12-25)22-26-13-7-3-8-14-26;8-7(2-3-7)6-1-4-9-5-6/h2-16,24,28H,17-23H2,1H3;6,9H,1-5,8H2/t24-,28-;6-/m00/s1. The van der Waals surface area contributed by atoms with Crippen LogP contribution >= 0.6 is 0 Å². The number of nitrogens with one attached hydrogen (secondary N) is 1. The second-order valence-corrected chi connectivity index (χ2v) is 12.9. The molecule has 3 aromatic carbocycles. The monoisotopic (exact) mass is 536 g/mol. The van der Waals surface area contributed by atoms with Gasteiger partial charge in [0.25, 0.3) is 0 Å². The van der Waals surface area contributed by atoms with Crippen LogP contribution in [0.15, 0.2) is 91.0 Å². The van der Waals surface area contributed by atoms with Crippen molar-refractivity contribution in [2.24, 2.45) is 17.6 Å². The zero-order chi connectivity index (χ0) is 27.4. The molecule has 7 rings (SSSR count). The van der Waals surface area contributed by atoms with E-state index in [-0.39, 0.29) is 5.54 Å². The predicted octanol–water partition coefficient (Wildman–Crippen LogP) is 6.39. The van der Waals surface area contributed by atoms with Crippen molar-refractivity contribution in [2.45, 2.75) is 75.7 Å². The quantitative estimate of drug-likeness (QED) is 0.333. The lowest BCUT2D eigenvalue weighted by Gasteiger charge is -2.37. The first-order chi connectivity index (χ1) is 19.6. The van der Waals surface area contributed by atoms with Crippen LogP contribution in [0.25, 0.3) is 0 Å². The number of hydrogen-bond donors (Lipinski definition) is 2. The van der Waals surface area contributed by atoms with Gasteiger partial charge in [0.1, 0.15) is 0 Å². The van der Waals surface area contributed by atoms with Crippen LogP contribution in [-0.4, -0.2) is 47.1 Å². The van der Waals surface area contributed by atoms with Crippen molar-refractivity contribution >= 4 is 0 Å². The van der Waals surface area contributed by atoms with Gasteiger partial charge >= 0.3 is 0 Å². The van der Waals surface area contributed by atoms with Gasteiger partial charge < -0.3 is 11.1 Å². The summed E-state index contributed by atoms with van der Waals surface area (Å²) >= 11 is 0. The minimum Gasteiger partial charge on any atom is -0.325 e. The van der Waals surface area contributed by atoms with Crippen LogP contribution in [0.4, 0.5) is 0 Å². The zero-order valence-electron chi connectivity index (χ0n) is 24.3. The number of nitrogens with two attached hydrogens (primary N) is 1. The summed E-state index contributed by atoms with van der Waals surface area (Å²) < 4.78 is 0. The first-order valence-corrected chi connectivity index (χ1v) is 15.7. The third-order valence-electron chi connectivity index (χ3n) is 10.3. The zero-order valence-corrected chi connectivity index (χ0v) is 24.3. The molecule has 4 aliphatic rings. The second-order valence-electron chi connectivity index (χ2n) is 12.9. The molecule has 2 saturated carbocycles. The van der Waals surface area contributed by atoms with E-state index in [4.69, 9.17) is 5.73 Å². The molecule has 40 heavy (non-hydrogen) atoms. The molecule has 3 N–H and O–H groups in total. The molecule has 0 radical (unpaired) electrons. The van der Waals surface area contributed by atoms with Crippen LogP contribution in [0.1, 0.15) is 68.2 Å². The van der Waals surface area contributed by atoms with Crippen LogP contribution in [0.5, 0.6) is 0 Å². The fraction of sp³-hybridized carbons (Fsp3) is 0.500. The molecule has 4 heteroatoms. The molecular formula is C36H48N4. The summed E-state index contributed by atoms with van der Waals surface area (Å²) in [5.41, 5.74) is 10.9. The number of hydrogen-bond acceptors (Lipinski definition) is 4. The van der Waals surface area contributed by atoms with Crippen molar-refractivity contribution in [3.8, 4) is 0 Å². The van der Waals surface area contributed by atoms with E-state index in [0.29, 0.717) is 11.6 Å². The molecule has 2 heterocycles. The third kappa shape index (κ3) is 6.36. The fourth-order valence-electron chi connectivity index (χ4n) is 7.31. The van der Waals surface area contributed by atoms with Gasteiger partial charge in [0.15, 0.2) is 0 Å². The number of benzene rings is 3. The van der Waals surface area contributed by atoms with Crippen LogP contribution in [0.3, 0.4) is 0 Å². The molecule has 2 saturated heterocycles. The van der Waals surface area contributed by atoms with Gasteiger partial charge in [-0.05, 0) is 93.6 Å². The summed E-state index contributed by atoms with van der Waals surface area (Å²) in [4.78, 5) is 5.52. The Hall–Kier alpha value is -2.50. The molecule has 3 atom stereocenters. The average molecular weight is 537 g/mol. The largest absolute Gasteiger partial charge is 0.325 e. The Labute approximate surface area is 242 Å². The lowest BCUT2D eigenvalue weighted by Crippen LogP contribution is -2.43. The maximum Gasteiger partial charge on any atom is 0.0320 e. The summed E-state index contributed by atoms with van der Waals surface area (Å²) in [7, 11) is 0. The van der Waals surface area contributed by atoms with Gasteiger partial charge in [-0.3, -0.25) is 9.80 Å². The Bertz CT molecular complexity index is 1140. The van der Waals surface area contributed by atoms with Gasteiger partial charge in [0.05, 0.1) is 0 Å². The second kappa shape index (κ2) is 12.2. The fourth-order valence-corrected chi connectivity index (χ4v) is 7.31. The highest BCUT2D eigenvalue weighted by Crippen LogP contribution is 2.52. The van der Waals surface area contributed by atoms with Crippen molar-refractivity contribution in [1.29, 1.82) is 0 Å². The highest BCUT2D eigenvalue weighted by molar-refractivity contribution is 5.22. The minimum absolute atomic E-state index is 0.267. The van der Waals surface area contributed by atoms with Crippen LogP contribution < -0.4 is 11.1 Å². The van der Waals surface area contributed by atoms with E-state index in [2.05, 4.69) is 113 Å². The number of rotatable bonds is 9. The van der Waals surface area contributed by atoms with E-state index in [1.807, 2.05) is 0 Å². The predicted molar refractivity (Wildman–Crippen MR) is 166 cm³/mol. The summed E-state index contributed by atoms with van der Waals surface area (Å²) in [6, 6.07) is 33.6. The summed E-state index contributed by atoms with van der Waals surface area (Å²) in [5, 5.41) is 3.34. The molecule has 0 spiro atoms. The third-order valence-corrected chi connectivity index (χ3v) is 10.3. The Kier molecular flexibility index (Phi) is 8.41. The van der Waals surface area contributed by atoms with Gasteiger partial charge in [0, 0.05) is 36.8 Å². The summed E-state index contributed by atoms with van der Waals surface area (Å²) in [6.07, 6.45) is 7.82. The molecule has 4 fully saturated rings. The normalized spacial score (nSPS) is 25.3. The van der Waals surface area contributed by atoms with Gasteiger partial charge in [-0.1, -0.05) is 91.0 Å². The van der Waals surface area contributed by atoms with E-state index in [1.54, 1.807) is 0 Å². The maximum atomic E-state index is 6.01. The van der Waals surface area contributed by atoms with Gasteiger partial charge in [-0.15, -0.1) is 0 Å². The van der Waals surface area contributed by atoms with Crippen molar-refractivity contribution in [2.75, 3.05) is 26.2 Å². The van der Waals surface area contributed by atoms with Crippen LogP contribution in [0.2, 0.25) is 0 Å². The van der Waals surface area contributed by atoms with E-state index in [0.717, 1.165) is 31.5 Å². The smallest absolute Gasteiger partial charge is 0.0320 e. The lowest BCUT2D eigenvalue weighted by molar-refractivity contribution is 0.100. The van der Waals surface area contributed by atoms with Crippen molar-refractivity contribution in [3.05, 3.63) is 108 Å². The molecule has 3 aromatic rings. The van der Waals surface area contributed by atoms with Gasteiger partial charge in [-0.25, -0.2) is 0 Å². The first-order valence-electron chi connectivity index (χ1n) is 15.7. The highest BCUT2D eigenvalue weighted by atomic mass is 15.3. The van der Waals surface area contributed by atoms with Gasteiger partial charge in [0.2, 0.25) is 0 Å². The molecule has 212 valence electrons. The van der Waals surface area contributed by atoms with E-state index >= 15 is 0 Å². The molecule has 4 nitrogen and oxygen atoms in total. The molecule has 2 aliphatic heterocycles. The molecule has 0 aromatic heterocycles. The Morgan fingerprint density at radius 2 is 1.38 bits per heavy atom. The Balaban J connectivity index is 0.000000271. The Morgan fingerprint density at radius 3 is 1.88 bits per heavy atom.